The number of ether oxygens (including phenoxy) is 1. The largest absolute Gasteiger partial charge is 0.494 e. The van der Waals surface area contributed by atoms with Gasteiger partial charge in [-0.3, -0.25) is 0 Å². The number of hydrogen-bond acceptors (Lipinski definition) is 2. The van der Waals surface area contributed by atoms with Crippen LogP contribution in [0.5, 0.6) is 0 Å². The lowest BCUT2D eigenvalue weighted by Gasteiger charge is -2.10. The van der Waals surface area contributed by atoms with Gasteiger partial charge in [0.15, 0.2) is 0 Å². The van der Waals surface area contributed by atoms with E-state index in [1.807, 2.05) is 18.2 Å². The third-order valence-corrected chi connectivity index (χ3v) is 1.58. The molecule has 2 heteroatoms. The molecule has 1 aliphatic heterocycles. The van der Waals surface area contributed by atoms with Gasteiger partial charge in [0.05, 0.1) is 5.76 Å². The van der Waals surface area contributed by atoms with Crippen molar-refractivity contribution in [1.29, 1.82) is 0 Å². The van der Waals surface area contributed by atoms with Gasteiger partial charge in [0.2, 0.25) is 0 Å². The van der Waals surface area contributed by atoms with Crippen molar-refractivity contribution < 1.29 is 4.74 Å². The fourth-order valence-electron chi connectivity index (χ4n) is 0.978. The van der Waals surface area contributed by atoms with Gasteiger partial charge in [-0.2, -0.15) is 0 Å². The standard InChI is InChI=1S/C9H15NO/c1-2-10-7-6-9-5-3-4-8-11-9/h3-5,10H,2,6-8H2,1H3. The molecule has 0 aromatic rings. The third-order valence-electron chi connectivity index (χ3n) is 1.58. The predicted octanol–water partition coefficient (Wildman–Crippen LogP) is 1.46. The van der Waals surface area contributed by atoms with E-state index in [0.717, 1.165) is 31.9 Å². The molecule has 2 nitrogen and oxygen atoms in total. The molecule has 1 heterocycles. The van der Waals surface area contributed by atoms with Crippen molar-refractivity contribution >= 4 is 0 Å². The van der Waals surface area contributed by atoms with E-state index in [1.165, 1.54) is 0 Å². The van der Waals surface area contributed by atoms with E-state index in [4.69, 9.17) is 4.74 Å². The maximum atomic E-state index is 5.36. The van der Waals surface area contributed by atoms with E-state index < -0.39 is 0 Å². The highest BCUT2D eigenvalue weighted by Crippen LogP contribution is 2.06. The van der Waals surface area contributed by atoms with Crippen molar-refractivity contribution in [2.75, 3.05) is 19.7 Å². The minimum atomic E-state index is 0.734. The van der Waals surface area contributed by atoms with Crippen LogP contribution in [0, 0.1) is 0 Å². The second kappa shape index (κ2) is 4.97. The minimum Gasteiger partial charge on any atom is -0.494 e. The van der Waals surface area contributed by atoms with Gasteiger partial charge < -0.3 is 10.1 Å². The van der Waals surface area contributed by atoms with Gasteiger partial charge in [-0.25, -0.2) is 0 Å². The van der Waals surface area contributed by atoms with E-state index in [0.29, 0.717) is 0 Å². The fraction of sp³-hybridized carbons (Fsp3) is 0.556. The highest BCUT2D eigenvalue weighted by Gasteiger charge is 1.98. The molecule has 0 saturated carbocycles. The second-order valence-electron chi connectivity index (χ2n) is 2.48. The van der Waals surface area contributed by atoms with Crippen molar-refractivity contribution in [2.24, 2.45) is 0 Å². The molecule has 0 bridgehead atoms. The zero-order valence-corrected chi connectivity index (χ0v) is 6.97. The van der Waals surface area contributed by atoms with Gasteiger partial charge in [-0.1, -0.05) is 13.0 Å². The Morgan fingerprint density at radius 3 is 3.18 bits per heavy atom. The molecule has 11 heavy (non-hydrogen) atoms. The molecule has 1 rings (SSSR count). The Morgan fingerprint density at radius 1 is 1.64 bits per heavy atom. The van der Waals surface area contributed by atoms with Crippen molar-refractivity contribution in [3.63, 3.8) is 0 Å². The molecule has 0 spiro atoms. The van der Waals surface area contributed by atoms with Gasteiger partial charge in [0, 0.05) is 13.0 Å². The summed E-state index contributed by atoms with van der Waals surface area (Å²) in [6.45, 7) is 4.88. The van der Waals surface area contributed by atoms with Crippen LogP contribution in [0.2, 0.25) is 0 Å². The topological polar surface area (TPSA) is 21.3 Å². The molecule has 0 aliphatic carbocycles. The smallest absolute Gasteiger partial charge is 0.106 e. The molecule has 0 amide bonds. The van der Waals surface area contributed by atoms with Crippen LogP contribution in [-0.4, -0.2) is 19.7 Å². The zero-order chi connectivity index (χ0) is 7.94. The predicted molar refractivity (Wildman–Crippen MR) is 46.3 cm³/mol. The molecule has 0 radical (unpaired) electrons. The Morgan fingerprint density at radius 2 is 2.55 bits per heavy atom. The van der Waals surface area contributed by atoms with Crippen LogP contribution in [0.3, 0.4) is 0 Å². The molecular weight excluding hydrogens is 138 g/mol. The van der Waals surface area contributed by atoms with Gasteiger partial charge in [-0.15, -0.1) is 0 Å². The molecule has 0 saturated heterocycles. The molecule has 0 fully saturated rings. The van der Waals surface area contributed by atoms with E-state index in [2.05, 4.69) is 12.2 Å². The maximum Gasteiger partial charge on any atom is 0.106 e. The lowest BCUT2D eigenvalue weighted by atomic mass is 10.3. The number of rotatable bonds is 4. The van der Waals surface area contributed by atoms with Crippen molar-refractivity contribution in [1.82, 2.24) is 5.32 Å². The molecule has 0 unspecified atom stereocenters. The summed E-state index contributed by atoms with van der Waals surface area (Å²) in [5.74, 6) is 1.09. The molecule has 1 N–H and O–H groups in total. The van der Waals surface area contributed by atoms with Crippen LogP contribution in [0.1, 0.15) is 13.3 Å². The Labute approximate surface area is 67.9 Å². The average Bonchev–Trinajstić information content (AvgIpc) is 2.07. The number of hydrogen-bond donors (Lipinski definition) is 1. The van der Waals surface area contributed by atoms with Crippen LogP contribution < -0.4 is 5.32 Å². The molecular formula is C9H15NO. The van der Waals surface area contributed by atoms with Gasteiger partial charge in [0.1, 0.15) is 6.61 Å². The van der Waals surface area contributed by atoms with E-state index >= 15 is 0 Å². The summed E-state index contributed by atoms with van der Waals surface area (Å²) in [7, 11) is 0. The van der Waals surface area contributed by atoms with Crippen LogP contribution in [-0.2, 0) is 4.74 Å². The van der Waals surface area contributed by atoms with Gasteiger partial charge in [0.25, 0.3) is 0 Å². The van der Waals surface area contributed by atoms with Crippen molar-refractivity contribution in [3.05, 3.63) is 24.0 Å². The highest BCUT2D eigenvalue weighted by molar-refractivity contribution is 5.11. The monoisotopic (exact) mass is 153 g/mol. The average molecular weight is 153 g/mol. The second-order valence-corrected chi connectivity index (χ2v) is 2.48. The van der Waals surface area contributed by atoms with Crippen molar-refractivity contribution in [3.8, 4) is 0 Å². The van der Waals surface area contributed by atoms with Crippen molar-refractivity contribution in [2.45, 2.75) is 13.3 Å². The summed E-state index contributed by atoms with van der Waals surface area (Å²) < 4.78 is 5.36. The normalized spacial score (nSPS) is 15.9. The highest BCUT2D eigenvalue weighted by atomic mass is 16.5. The summed E-state index contributed by atoms with van der Waals surface area (Å²) in [4.78, 5) is 0. The summed E-state index contributed by atoms with van der Waals surface area (Å²) in [6.07, 6.45) is 7.08. The van der Waals surface area contributed by atoms with Gasteiger partial charge >= 0.3 is 0 Å². The number of allylic oxidation sites excluding steroid dienone is 2. The van der Waals surface area contributed by atoms with Gasteiger partial charge in [-0.05, 0) is 18.7 Å². The lowest BCUT2D eigenvalue weighted by molar-refractivity contribution is 0.231. The van der Waals surface area contributed by atoms with Crippen LogP contribution in [0.15, 0.2) is 24.0 Å². The quantitative estimate of drug-likeness (QED) is 0.617. The van der Waals surface area contributed by atoms with Crippen LogP contribution in [0.4, 0.5) is 0 Å². The zero-order valence-electron chi connectivity index (χ0n) is 6.97. The number of nitrogens with one attached hydrogen (secondary N) is 1. The Hall–Kier alpha value is -0.760. The summed E-state index contributed by atoms with van der Waals surface area (Å²) in [5, 5.41) is 3.25. The molecule has 1 aliphatic rings. The van der Waals surface area contributed by atoms with Crippen LogP contribution >= 0.6 is 0 Å². The first-order valence-electron chi connectivity index (χ1n) is 4.12. The Bertz CT molecular complexity index is 161. The first-order valence-corrected chi connectivity index (χ1v) is 4.12. The molecule has 0 aromatic carbocycles. The summed E-state index contributed by atoms with van der Waals surface area (Å²) >= 11 is 0. The SMILES string of the molecule is CCNCCC1=CC=CCO1. The fourth-order valence-corrected chi connectivity index (χ4v) is 0.978. The first-order chi connectivity index (χ1) is 5.43. The lowest BCUT2D eigenvalue weighted by Crippen LogP contribution is -2.15. The third kappa shape index (κ3) is 3.23. The minimum absolute atomic E-state index is 0.734. The molecule has 0 atom stereocenters. The Balaban J connectivity index is 2.15. The molecule has 62 valence electrons. The van der Waals surface area contributed by atoms with Crippen LogP contribution in [0.25, 0.3) is 0 Å². The van der Waals surface area contributed by atoms with E-state index in [1.54, 1.807) is 0 Å². The van der Waals surface area contributed by atoms with E-state index in [9.17, 15) is 0 Å². The first kappa shape index (κ1) is 8.34. The molecule has 0 aromatic heterocycles. The summed E-state index contributed by atoms with van der Waals surface area (Å²) in [6, 6.07) is 0. The maximum absolute atomic E-state index is 5.36. The van der Waals surface area contributed by atoms with E-state index in [-0.39, 0.29) is 0 Å². The Kier molecular flexibility index (Phi) is 3.76. The summed E-state index contributed by atoms with van der Waals surface area (Å²) in [5.41, 5.74) is 0.